The lowest BCUT2D eigenvalue weighted by molar-refractivity contribution is -0.145. The summed E-state index contributed by atoms with van der Waals surface area (Å²) in [5.41, 5.74) is 1.20. The quantitative estimate of drug-likeness (QED) is 0.769. The SMILES string of the molecule is CNC1(C(=O)O)CCCc2ccccc21. The summed E-state index contributed by atoms with van der Waals surface area (Å²) < 4.78 is 0. The molecular weight excluding hydrogens is 190 g/mol. The Kier molecular flexibility index (Phi) is 2.49. The van der Waals surface area contributed by atoms with Gasteiger partial charge in [0.2, 0.25) is 0 Å². The summed E-state index contributed by atoms with van der Waals surface area (Å²) in [5.74, 6) is -0.780. The molecule has 0 bridgehead atoms. The van der Waals surface area contributed by atoms with Gasteiger partial charge in [0.05, 0.1) is 0 Å². The maximum absolute atomic E-state index is 11.4. The van der Waals surface area contributed by atoms with E-state index >= 15 is 0 Å². The number of carboxylic acids is 1. The van der Waals surface area contributed by atoms with E-state index in [-0.39, 0.29) is 0 Å². The molecule has 0 heterocycles. The van der Waals surface area contributed by atoms with Gasteiger partial charge in [-0.1, -0.05) is 24.3 Å². The average Bonchev–Trinajstić information content (AvgIpc) is 2.28. The van der Waals surface area contributed by atoms with Crippen molar-refractivity contribution in [3.05, 3.63) is 35.4 Å². The molecule has 3 heteroatoms. The van der Waals surface area contributed by atoms with E-state index in [0.29, 0.717) is 6.42 Å². The number of likely N-dealkylation sites (N-methyl/N-ethyl adjacent to an activating group) is 1. The molecule has 1 aliphatic carbocycles. The lowest BCUT2D eigenvalue weighted by atomic mass is 9.76. The Bertz CT molecular complexity index is 389. The molecule has 1 atom stereocenters. The van der Waals surface area contributed by atoms with E-state index in [2.05, 4.69) is 5.32 Å². The Hall–Kier alpha value is -1.35. The molecule has 80 valence electrons. The standard InChI is InChI=1S/C12H15NO2/c1-13-12(11(14)15)8-4-6-9-5-2-3-7-10(9)12/h2-3,5,7,13H,4,6,8H2,1H3,(H,14,15). The Morgan fingerprint density at radius 3 is 2.87 bits per heavy atom. The number of hydrogen-bond acceptors (Lipinski definition) is 2. The molecule has 1 aromatic rings. The van der Waals surface area contributed by atoms with Gasteiger partial charge in [0.15, 0.2) is 0 Å². The Morgan fingerprint density at radius 1 is 1.47 bits per heavy atom. The van der Waals surface area contributed by atoms with Crippen LogP contribution < -0.4 is 5.32 Å². The lowest BCUT2D eigenvalue weighted by Gasteiger charge is -2.35. The van der Waals surface area contributed by atoms with Gasteiger partial charge in [-0.05, 0) is 37.4 Å². The average molecular weight is 205 g/mol. The van der Waals surface area contributed by atoms with Crippen LogP contribution in [0.1, 0.15) is 24.0 Å². The summed E-state index contributed by atoms with van der Waals surface area (Å²) in [6, 6.07) is 7.80. The van der Waals surface area contributed by atoms with E-state index < -0.39 is 11.5 Å². The predicted molar refractivity (Wildman–Crippen MR) is 57.8 cm³/mol. The molecule has 2 N–H and O–H groups in total. The van der Waals surface area contributed by atoms with Gasteiger partial charge in [0.1, 0.15) is 5.54 Å². The summed E-state index contributed by atoms with van der Waals surface area (Å²) in [5, 5.41) is 12.3. The summed E-state index contributed by atoms with van der Waals surface area (Å²) >= 11 is 0. The molecule has 1 unspecified atom stereocenters. The fourth-order valence-electron chi connectivity index (χ4n) is 2.42. The first kappa shape index (κ1) is 10.2. The minimum atomic E-state index is -0.880. The molecule has 0 saturated heterocycles. The fraction of sp³-hybridized carbons (Fsp3) is 0.417. The normalized spacial score (nSPS) is 24.6. The number of nitrogens with one attached hydrogen (secondary N) is 1. The van der Waals surface area contributed by atoms with Crippen LogP contribution in [0.2, 0.25) is 0 Å². The van der Waals surface area contributed by atoms with E-state index in [4.69, 9.17) is 0 Å². The number of aryl methyl sites for hydroxylation is 1. The van der Waals surface area contributed by atoms with Gasteiger partial charge in [-0.3, -0.25) is 0 Å². The molecule has 1 aliphatic rings. The minimum Gasteiger partial charge on any atom is -0.480 e. The first-order valence-electron chi connectivity index (χ1n) is 5.21. The molecule has 0 spiro atoms. The van der Waals surface area contributed by atoms with Gasteiger partial charge in [-0.2, -0.15) is 0 Å². The molecule has 3 nitrogen and oxygen atoms in total. The number of hydrogen-bond donors (Lipinski definition) is 2. The van der Waals surface area contributed by atoms with E-state index in [1.165, 1.54) is 0 Å². The number of benzene rings is 1. The summed E-state index contributed by atoms with van der Waals surface area (Å²) in [7, 11) is 1.72. The highest BCUT2D eigenvalue weighted by Gasteiger charge is 2.41. The van der Waals surface area contributed by atoms with Crippen molar-refractivity contribution in [3.63, 3.8) is 0 Å². The van der Waals surface area contributed by atoms with Gasteiger partial charge in [0, 0.05) is 0 Å². The summed E-state index contributed by atoms with van der Waals surface area (Å²) in [6.45, 7) is 0. The van der Waals surface area contributed by atoms with Crippen LogP contribution >= 0.6 is 0 Å². The molecule has 0 radical (unpaired) electrons. The van der Waals surface area contributed by atoms with Crippen molar-refractivity contribution in [2.24, 2.45) is 0 Å². The first-order chi connectivity index (χ1) is 7.20. The predicted octanol–water partition coefficient (Wildman–Crippen LogP) is 1.52. The monoisotopic (exact) mass is 205 g/mol. The van der Waals surface area contributed by atoms with Crippen LogP contribution in [-0.4, -0.2) is 18.1 Å². The van der Waals surface area contributed by atoms with Crippen molar-refractivity contribution in [3.8, 4) is 0 Å². The van der Waals surface area contributed by atoms with Crippen molar-refractivity contribution < 1.29 is 9.90 Å². The third-order valence-electron chi connectivity index (χ3n) is 3.27. The molecule has 0 saturated carbocycles. The zero-order chi connectivity index (χ0) is 10.9. The highest BCUT2D eigenvalue weighted by molar-refractivity contribution is 5.81. The topological polar surface area (TPSA) is 49.3 Å². The summed E-state index contributed by atoms with van der Waals surface area (Å²) in [4.78, 5) is 11.4. The number of rotatable bonds is 2. The minimum absolute atomic E-state index is 0.663. The number of aliphatic carboxylic acids is 1. The highest BCUT2D eigenvalue weighted by atomic mass is 16.4. The molecule has 15 heavy (non-hydrogen) atoms. The first-order valence-corrected chi connectivity index (χ1v) is 5.21. The molecule has 0 aromatic heterocycles. The van der Waals surface area contributed by atoms with E-state index in [1.54, 1.807) is 7.05 Å². The number of fused-ring (bicyclic) bond motifs is 1. The van der Waals surface area contributed by atoms with Crippen LogP contribution in [-0.2, 0) is 16.8 Å². The molecule has 1 aromatic carbocycles. The van der Waals surface area contributed by atoms with E-state index in [9.17, 15) is 9.90 Å². The van der Waals surface area contributed by atoms with E-state index in [1.807, 2.05) is 24.3 Å². The van der Waals surface area contributed by atoms with Crippen molar-refractivity contribution in [1.29, 1.82) is 0 Å². The van der Waals surface area contributed by atoms with Crippen LogP contribution in [0.15, 0.2) is 24.3 Å². The third kappa shape index (κ3) is 1.43. The second-order valence-corrected chi connectivity index (χ2v) is 3.97. The Morgan fingerprint density at radius 2 is 2.20 bits per heavy atom. The van der Waals surface area contributed by atoms with Gasteiger partial charge in [-0.25, -0.2) is 4.79 Å². The van der Waals surface area contributed by atoms with Crippen molar-refractivity contribution >= 4 is 5.97 Å². The number of carbonyl (C=O) groups is 1. The molecule has 0 amide bonds. The molecular formula is C12H15NO2. The van der Waals surface area contributed by atoms with Crippen LogP contribution in [0.4, 0.5) is 0 Å². The van der Waals surface area contributed by atoms with Crippen molar-refractivity contribution in [2.45, 2.75) is 24.8 Å². The molecule has 2 rings (SSSR count). The van der Waals surface area contributed by atoms with Crippen LogP contribution in [0, 0.1) is 0 Å². The second kappa shape index (κ2) is 3.66. The van der Waals surface area contributed by atoms with Gasteiger partial charge < -0.3 is 10.4 Å². The zero-order valence-corrected chi connectivity index (χ0v) is 8.79. The van der Waals surface area contributed by atoms with Crippen LogP contribution in [0.5, 0.6) is 0 Å². The van der Waals surface area contributed by atoms with E-state index in [0.717, 1.165) is 24.0 Å². The van der Waals surface area contributed by atoms with Crippen LogP contribution in [0.3, 0.4) is 0 Å². The third-order valence-corrected chi connectivity index (χ3v) is 3.27. The molecule has 0 aliphatic heterocycles. The largest absolute Gasteiger partial charge is 0.480 e. The van der Waals surface area contributed by atoms with Crippen LogP contribution in [0.25, 0.3) is 0 Å². The fourth-order valence-corrected chi connectivity index (χ4v) is 2.42. The second-order valence-electron chi connectivity index (χ2n) is 3.97. The van der Waals surface area contributed by atoms with Gasteiger partial charge in [-0.15, -0.1) is 0 Å². The number of carboxylic acid groups (broad SMARTS) is 1. The Labute approximate surface area is 89.1 Å². The maximum atomic E-state index is 11.4. The van der Waals surface area contributed by atoms with Crippen molar-refractivity contribution in [1.82, 2.24) is 5.32 Å². The molecule has 0 fully saturated rings. The maximum Gasteiger partial charge on any atom is 0.328 e. The smallest absolute Gasteiger partial charge is 0.328 e. The van der Waals surface area contributed by atoms with Gasteiger partial charge >= 0.3 is 5.97 Å². The summed E-state index contributed by atoms with van der Waals surface area (Å²) in [6.07, 6.45) is 2.56. The highest BCUT2D eigenvalue weighted by Crippen LogP contribution is 2.35. The van der Waals surface area contributed by atoms with Gasteiger partial charge in [0.25, 0.3) is 0 Å². The van der Waals surface area contributed by atoms with Crippen molar-refractivity contribution in [2.75, 3.05) is 7.05 Å². The Balaban J connectivity index is 2.57. The lowest BCUT2D eigenvalue weighted by Crippen LogP contribution is -2.49. The zero-order valence-electron chi connectivity index (χ0n) is 8.79.